The van der Waals surface area contributed by atoms with Crippen molar-refractivity contribution in [1.29, 1.82) is 0 Å². The smallest absolute Gasteiger partial charge is 0.0642 e. The summed E-state index contributed by atoms with van der Waals surface area (Å²) in [5.41, 5.74) is 9.11. The van der Waals surface area contributed by atoms with Gasteiger partial charge in [0.05, 0.1) is 13.2 Å². The van der Waals surface area contributed by atoms with Crippen LogP contribution in [0.1, 0.15) is 25.3 Å². The molecule has 0 radical (unpaired) electrons. The van der Waals surface area contributed by atoms with Gasteiger partial charge in [0.2, 0.25) is 0 Å². The Kier molecular flexibility index (Phi) is 3.04. The molecule has 1 saturated heterocycles. The third kappa shape index (κ3) is 2.02. The first-order valence-corrected chi connectivity index (χ1v) is 6.91. The lowest BCUT2D eigenvalue weighted by atomic mass is 9.89. The van der Waals surface area contributed by atoms with Crippen molar-refractivity contribution in [2.75, 3.05) is 31.2 Å². The lowest BCUT2D eigenvalue weighted by molar-refractivity contribution is 0.122. The summed E-state index contributed by atoms with van der Waals surface area (Å²) < 4.78 is 5.38. The summed E-state index contributed by atoms with van der Waals surface area (Å²) in [5, 5.41) is 0. The number of anilines is 1. The van der Waals surface area contributed by atoms with E-state index in [1.165, 1.54) is 24.1 Å². The highest BCUT2D eigenvalue weighted by molar-refractivity contribution is 5.50. The molecule has 2 N–H and O–H groups in total. The molecule has 1 aliphatic heterocycles. The summed E-state index contributed by atoms with van der Waals surface area (Å²) in [6.07, 6.45) is 2.48. The van der Waals surface area contributed by atoms with Crippen LogP contribution in [0.15, 0.2) is 24.3 Å². The summed E-state index contributed by atoms with van der Waals surface area (Å²) >= 11 is 0. The van der Waals surface area contributed by atoms with Crippen LogP contribution in [0.2, 0.25) is 0 Å². The number of hydrogen-bond acceptors (Lipinski definition) is 3. The van der Waals surface area contributed by atoms with Crippen LogP contribution in [0.5, 0.6) is 0 Å². The summed E-state index contributed by atoms with van der Waals surface area (Å²) in [4.78, 5) is 2.39. The van der Waals surface area contributed by atoms with Crippen molar-refractivity contribution in [3.8, 4) is 0 Å². The van der Waals surface area contributed by atoms with Crippen LogP contribution in [0, 0.1) is 0 Å². The van der Waals surface area contributed by atoms with Gasteiger partial charge in [-0.1, -0.05) is 12.1 Å². The minimum Gasteiger partial charge on any atom is -0.378 e. The second kappa shape index (κ2) is 4.56. The van der Waals surface area contributed by atoms with E-state index in [0.717, 1.165) is 26.3 Å². The molecular weight excluding hydrogens is 224 g/mol. The molecule has 1 aromatic carbocycles. The molecule has 18 heavy (non-hydrogen) atoms. The van der Waals surface area contributed by atoms with Crippen molar-refractivity contribution in [3.63, 3.8) is 0 Å². The second-order valence-corrected chi connectivity index (χ2v) is 5.59. The SMILES string of the molecule is CC(N)C1(c2ccc(N3CCOCC3)cc2)CC1. The zero-order valence-corrected chi connectivity index (χ0v) is 11.1. The van der Waals surface area contributed by atoms with E-state index in [1.807, 2.05) is 0 Å². The Balaban J connectivity index is 1.77. The molecule has 0 aromatic heterocycles. The highest BCUT2D eigenvalue weighted by atomic mass is 16.5. The van der Waals surface area contributed by atoms with E-state index in [2.05, 4.69) is 36.1 Å². The molecule has 1 aromatic rings. The van der Waals surface area contributed by atoms with E-state index in [-0.39, 0.29) is 11.5 Å². The fourth-order valence-electron chi connectivity index (χ4n) is 2.97. The van der Waals surface area contributed by atoms with Gasteiger partial charge in [0.15, 0.2) is 0 Å². The van der Waals surface area contributed by atoms with Gasteiger partial charge in [-0.15, -0.1) is 0 Å². The summed E-state index contributed by atoms with van der Waals surface area (Å²) in [5.74, 6) is 0. The number of nitrogens with two attached hydrogens (primary N) is 1. The van der Waals surface area contributed by atoms with Crippen molar-refractivity contribution >= 4 is 5.69 Å². The molecule has 2 aliphatic rings. The van der Waals surface area contributed by atoms with Crippen LogP contribution >= 0.6 is 0 Å². The topological polar surface area (TPSA) is 38.5 Å². The molecule has 1 atom stereocenters. The van der Waals surface area contributed by atoms with Crippen molar-refractivity contribution in [3.05, 3.63) is 29.8 Å². The highest BCUT2D eigenvalue weighted by Gasteiger charge is 2.47. The number of benzene rings is 1. The van der Waals surface area contributed by atoms with Gasteiger partial charge in [-0.05, 0) is 37.5 Å². The zero-order valence-electron chi connectivity index (χ0n) is 11.1. The van der Waals surface area contributed by atoms with Crippen LogP contribution in [-0.2, 0) is 10.2 Å². The van der Waals surface area contributed by atoms with Crippen LogP contribution in [0.4, 0.5) is 5.69 Å². The predicted molar refractivity (Wildman–Crippen MR) is 74.0 cm³/mol. The Morgan fingerprint density at radius 3 is 2.28 bits per heavy atom. The number of rotatable bonds is 3. The van der Waals surface area contributed by atoms with Crippen LogP contribution in [0.25, 0.3) is 0 Å². The third-order valence-electron chi connectivity index (χ3n) is 4.48. The third-order valence-corrected chi connectivity index (χ3v) is 4.48. The normalized spacial score (nSPS) is 23.8. The Bertz CT molecular complexity index is 403. The van der Waals surface area contributed by atoms with Crippen molar-refractivity contribution < 1.29 is 4.74 Å². The Hall–Kier alpha value is -1.06. The fourth-order valence-corrected chi connectivity index (χ4v) is 2.97. The first-order chi connectivity index (χ1) is 8.72. The predicted octanol–water partition coefficient (Wildman–Crippen LogP) is 1.90. The number of ether oxygens (including phenoxy) is 1. The molecule has 1 aliphatic carbocycles. The van der Waals surface area contributed by atoms with Crippen LogP contribution in [-0.4, -0.2) is 32.3 Å². The van der Waals surface area contributed by atoms with Gasteiger partial charge in [-0.25, -0.2) is 0 Å². The fraction of sp³-hybridized carbons (Fsp3) is 0.600. The maximum atomic E-state index is 6.12. The lowest BCUT2D eigenvalue weighted by Crippen LogP contribution is -2.36. The molecule has 3 heteroatoms. The average molecular weight is 246 g/mol. The largest absolute Gasteiger partial charge is 0.378 e. The molecule has 1 unspecified atom stereocenters. The van der Waals surface area contributed by atoms with Gasteiger partial charge in [-0.2, -0.15) is 0 Å². The van der Waals surface area contributed by atoms with E-state index < -0.39 is 0 Å². The minimum absolute atomic E-state index is 0.256. The zero-order chi connectivity index (χ0) is 12.6. The molecule has 0 amide bonds. The first-order valence-electron chi connectivity index (χ1n) is 6.91. The van der Waals surface area contributed by atoms with E-state index in [4.69, 9.17) is 10.5 Å². The average Bonchev–Trinajstić information content (AvgIpc) is 3.22. The molecule has 1 heterocycles. The first kappa shape index (κ1) is 12.0. The Morgan fingerprint density at radius 1 is 1.17 bits per heavy atom. The maximum Gasteiger partial charge on any atom is 0.0642 e. The molecule has 98 valence electrons. The van der Waals surface area contributed by atoms with Crippen LogP contribution in [0.3, 0.4) is 0 Å². The lowest BCUT2D eigenvalue weighted by Gasteiger charge is -2.29. The van der Waals surface area contributed by atoms with E-state index >= 15 is 0 Å². The van der Waals surface area contributed by atoms with Gasteiger partial charge in [0.25, 0.3) is 0 Å². The van der Waals surface area contributed by atoms with Gasteiger partial charge in [-0.3, -0.25) is 0 Å². The van der Waals surface area contributed by atoms with Gasteiger partial charge in [0, 0.05) is 30.2 Å². The van der Waals surface area contributed by atoms with Crippen LogP contribution < -0.4 is 10.6 Å². The summed E-state index contributed by atoms with van der Waals surface area (Å²) in [6, 6.07) is 9.26. The molecule has 3 nitrogen and oxygen atoms in total. The highest BCUT2D eigenvalue weighted by Crippen LogP contribution is 2.50. The van der Waals surface area contributed by atoms with Crippen molar-refractivity contribution in [2.24, 2.45) is 5.73 Å². The summed E-state index contributed by atoms with van der Waals surface area (Å²) in [7, 11) is 0. The second-order valence-electron chi connectivity index (χ2n) is 5.59. The monoisotopic (exact) mass is 246 g/mol. The van der Waals surface area contributed by atoms with Crippen molar-refractivity contribution in [1.82, 2.24) is 0 Å². The molecule has 3 rings (SSSR count). The van der Waals surface area contributed by atoms with E-state index in [0.29, 0.717) is 0 Å². The van der Waals surface area contributed by atoms with Gasteiger partial charge < -0.3 is 15.4 Å². The van der Waals surface area contributed by atoms with E-state index in [9.17, 15) is 0 Å². The molecule has 1 saturated carbocycles. The van der Waals surface area contributed by atoms with Crippen molar-refractivity contribution in [2.45, 2.75) is 31.2 Å². The molecular formula is C15H22N2O. The molecule has 0 spiro atoms. The molecule has 0 bridgehead atoms. The number of nitrogens with zero attached hydrogens (tertiary/aromatic N) is 1. The van der Waals surface area contributed by atoms with E-state index in [1.54, 1.807) is 0 Å². The Labute approximate surface area is 109 Å². The standard InChI is InChI=1S/C15H22N2O/c1-12(16)15(6-7-15)13-2-4-14(5-3-13)17-8-10-18-11-9-17/h2-5,12H,6-11,16H2,1H3. The molecule has 2 fully saturated rings. The number of morpholine rings is 1. The maximum absolute atomic E-state index is 6.12. The Morgan fingerprint density at radius 2 is 1.78 bits per heavy atom. The minimum atomic E-state index is 0.256. The number of hydrogen-bond donors (Lipinski definition) is 1. The quantitative estimate of drug-likeness (QED) is 0.885. The van der Waals surface area contributed by atoms with Gasteiger partial charge >= 0.3 is 0 Å². The summed E-state index contributed by atoms with van der Waals surface area (Å²) in [6.45, 7) is 5.80. The van der Waals surface area contributed by atoms with Gasteiger partial charge in [0.1, 0.15) is 0 Å².